The highest BCUT2D eigenvalue weighted by Crippen LogP contribution is 2.36. The molecule has 0 saturated carbocycles. The minimum atomic E-state index is -4.15. The number of anilines is 1. The number of aromatic nitrogens is 1. The van der Waals surface area contributed by atoms with Crippen LogP contribution in [-0.2, 0) is 26.4 Å². The molecule has 0 bridgehead atoms. The smallest absolute Gasteiger partial charge is 0.264 e. The Morgan fingerprint density at radius 3 is 2.38 bits per heavy atom. The van der Waals surface area contributed by atoms with Gasteiger partial charge in [0, 0.05) is 11.1 Å². The summed E-state index contributed by atoms with van der Waals surface area (Å²) in [6.07, 6.45) is 0. The molecule has 0 saturated heterocycles. The molecule has 9 nitrogen and oxygen atoms in total. The highest BCUT2D eigenvalue weighted by molar-refractivity contribution is 7.93. The third-order valence-electron chi connectivity index (χ3n) is 6.50. The minimum absolute atomic E-state index is 0.0281. The Bertz CT molecular complexity index is 1990. The number of hydrogen-bond acceptors (Lipinski definition) is 7. The molecule has 3 aromatic carbocycles. The number of aromatic hydroxyl groups is 1. The van der Waals surface area contributed by atoms with Crippen molar-refractivity contribution in [3.8, 4) is 5.75 Å². The van der Waals surface area contributed by atoms with E-state index in [-0.39, 0.29) is 39.4 Å². The van der Waals surface area contributed by atoms with Crippen LogP contribution in [0, 0.1) is 11.6 Å². The van der Waals surface area contributed by atoms with E-state index in [1.165, 1.54) is 60.9 Å². The van der Waals surface area contributed by atoms with Crippen molar-refractivity contribution in [1.82, 2.24) is 4.57 Å². The molecule has 0 unspecified atom stereocenters. The fourth-order valence-electron chi connectivity index (χ4n) is 4.37. The number of benzene rings is 3. The maximum absolute atomic E-state index is 14.2. The first-order chi connectivity index (χ1) is 18.8. The van der Waals surface area contributed by atoms with E-state index in [1.54, 1.807) is 0 Å². The van der Waals surface area contributed by atoms with E-state index < -0.39 is 59.4 Å². The van der Waals surface area contributed by atoms with E-state index in [0.717, 1.165) is 18.2 Å². The summed E-state index contributed by atoms with van der Waals surface area (Å²) in [6.45, 7) is 2.86. The lowest BCUT2D eigenvalue weighted by Gasteiger charge is -2.20. The molecule has 4 aromatic rings. The number of hydrogen-bond donors (Lipinski definition) is 2. The van der Waals surface area contributed by atoms with Crippen molar-refractivity contribution < 1.29 is 30.7 Å². The van der Waals surface area contributed by atoms with Gasteiger partial charge in [0.2, 0.25) is 10.0 Å². The lowest BCUT2D eigenvalue weighted by Crippen LogP contribution is -2.32. The molecule has 0 amide bonds. The van der Waals surface area contributed by atoms with E-state index in [0.29, 0.717) is 5.56 Å². The quantitative estimate of drug-likeness (QED) is 0.349. The van der Waals surface area contributed by atoms with E-state index in [4.69, 9.17) is 0 Å². The van der Waals surface area contributed by atoms with Crippen LogP contribution in [-0.4, -0.2) is 43.2 Å². The molecule has 0 atom stereocenters. The summed E-state index contributed by atoms with van der Waals surface area (Å²) in [6, 6.07) is 12.6. The van der Waals surface area contributed by atoms with Gasteiger partial charge < -0.3 is 9.67 Å². The van der Waals surface area contributed by atoms with Gasteiger partial charge >= 0.3 is 0 Å². The molecule has 0 aliphatic carbocycles. The zero-order chi connectivity index (χ0) is 29.0. The Morgan fingerprint density at radius 1 is 1.02 bits per heavy atom. The first kappa shape index (κ1) is 27.5. The lowest BCUT2D eigenvalue weighted by atomic mass is 10.1. The summed E-state index contributed by atoms with van der Waals surface area (Å²) in [7, 11) is -7.90. The van der Waals surface area contributed by atoms with Crippen LogP contribution in [0.5, 0.6) is 5.75 Å². The predicted octanol–water partition coefficient (Wildman–Crippen LogP) is 4.09. The molecule has 0 spiro atoms. The van der Waals surface area contributed by atoms with Crippen molar-refractivity contribution in [1.29, 1.82) is 0 Å². The Balaban J connectivity index is 1.69. The van der Waals surface area contributed by atoms with Crippen molar-refractivity contribution in [3.63, 3.8) is 0 Å². The molecule has 40 heavy (non-hydrogen) atoms. The summed E-state index contributed by atoms with van der Waals surface area (Å²) in [4.78, 5) is 17.8. The van der Waals surface area contributed by atoms with Gasteiger partial charge in [-0.3, -0.25) is 14.5 Å². The summed E-state index contributed by atoms with van der Waals surface area (Å²) < 4.78 is 82.3. The van der Waals surface area contributed by atoms with Gasteiger partial charge in [-0.25, -0.2) is 25.6 Å². The van der Waals surface area contributed by atoms with Crippen LogP contribution in [0.4, 0.5) is 20.2 Å². The molecule has 5 rings (SSSR count). The second-order valence-corrected chi connectivity index (χ2v) is 13.8. The molecular weight excluding hydrogens is 564 g/mol. The van der Waals surface area contributed by atoms with Crippen LogP contribution in [0.2, 0.25) is 0 Å². The van der Waals surface area contributed by atoms with Crippen LogP contribution in [0.3, 0.4) is 0 Å². The van der Waals surface area contributed by atoms with Crippen molar-refractivity contribution in [2.45, 2.75) is 30.5 Å². The van der Waals surface area contributed by atoms with Gasteiger partial charge in [0.25, 0.3) is 5.56 Å². The fourth-order valence-corrected chi connectivity index (χ4v) is 6.52. The monoisotopic (exact) mass is 587 g/mol. The van der Waals surface area contributed by atoms with Crippen molar-refractivity contribution >= 4 is 47.8 Å². The molecule has 1 aromatic heterocycles. The third kappa shape index (κ3) is 4.97. The Hall–Kier alpha value is -4.10. The van der Waals surface area contributed by atoms with Crippen LogP contribution >= 0.6 is 0 Å². The van der Waals surface area contributed by atoms with Gasteiger partial charge in [-0.2, -0.15) is 0 Å². The van der Waals surface area contributed by atoms with Gasteiger partial charge in [-0.1, -0.05) is 12.1 Å². The van der Waals surface area contributed by atoms with Crippen molar-refractivity contribution in [2.24, 2.45) is 4.99 Å². The molecule has 13 heteroatoms. The largest absolute Gasteiger partial charge is 0.506 e. The van der Waals surface area contributed by atoms with Gasteiger partial charge in [-0.15, -0.1) is 0 Å². The minimum Gasteiger partial charge on any atom is -0.506 e. The molecule has 208 valence electrons. The Labute approximate surface area is 228 Å². The Kier molecular flexibility index (Phi) is 6.74. The Morgan fingerprint density at radius 2 is 1.70 bits per heavy atom. The molecule has 2 heterocycles. The highest BCUT2D eigenvalue weighted by Gasteiger charge is 2.32. The third-order valence-corrected chi connectivity index (χ3v) is 9.91. The average Bonchev–Trinajstić information content (AvgIpc) is 2.88. The summed E-state index contributed by atoms with van der Waals surface area (Å²) in [5.74, 6) is -2.58. The lowest BCUT2D eigenvalue weighted by molar-refractivity contribution is 0.477. The predicted molar refractivity (Wildman–Crippen MR) is 148 cm³/mol. The normalized spacial score (nSPS) is 14.7. The van der Waals surface area contributed by atoms with Crippen LogP contribution in [0.25, 0.3) is 10.9 Å². The number of rotatable bonds is 6. The zero-order valence-corrected chi connectivity index (χ0v) is 22.9. The first-order valence-corrected chi connectivity index (χ1v) is 15.2. The first-order valence-electron chi connectivity index (χ1n) is 12.0. The van der Waals surface area contributed by atoms with Crippen LogP contribution < -0.4 is 10.3 Å². The number of pyridine rings is 1. The summed E-state index contributed by atoms with van der Waals surface area (Å²) in [5.41, 5.74) is -0.773. The topological polar surface area (TPSA) is 135 Å². The number of nitrogens with zero attached hydrogens (tertiary/aromatic N) is 2. The number of sulfone groups is 1. The second kappa shape index (κ2) is 9.82. The number of aliphatic imine (C=N–C) groups is 1. The van der Waals surface area contributed by atoms with Crippen LogP contribution in [0.15, 0.2) is 75.3 Å². The van der Waals surface area contributed by atoms with Gasteiger partial charge in [0.1, 0.15) is 22.9 Å². The number of halogens is 2. The van der Waals surface area contributed by atoms with Crippen molar-refractivity contribution in [3.05, 3.63) is 93.8 Å². The van der Waals surface area contributed by atoms with Crippen LogP contribution in [0.1, 0.15) is 25.0 Å². The fraction of sp³-hybridized carbons (Fsp3) is 0.185. The summed E-state index contributed by atoms with van der Waals surface area (Å²) >= 11 is 0. The zero-order valence-electron chi connectivity index (χ0n) is 21.2. The second-order valence-electron chi connectivity index (χ2n) is 9.60. The van der Waals surface area contributed by atoms with E-state index in [9.17, 15) is 35.5 Å². The highest BCUT2D eigenvalue weighted by atomic mass is 32.2. The van der Waals surface area contributed by atoms with Crippen molar-refractivity contribution in [2.75, 3.05) is 10.5 Å². The van der Waals surface area contributed by atoms with Gasteiger partial charge in [0.05, 0.1) is 39.4 Å². The number of nitrogens with one attached hydrogen (secondary N) is 1. The van der Waals surface area contributed by atoms with E-state index >= 15 is 0 Å². The summed E-state index contributed by atoms with van der Waals surface area (Å²) in [5, 5.41) is 10.3. The molecule has 2 N–H and O–H groups in total. The van der Waals surface area contributed by atoms with E-state index in [2.05, 4.69) is 9.71 Å². The number of fused-ring (bicyclic) bond motifs is 2. The molecule has 1 aliphatic heterocycles. The van der Waals surface area contributed by atoms with Gasteiger partial charge in [-0.05, 0) is 67.9 Å². The van der Waals surface area contributed by atoms with Gasteiger partial charge in [0.15, 0.2) is 9.84 Å². The molecule has 0 fully saturated rings. The maximum atomic E-state index is 14.2. The standard InChI is InChI=1S/C27H23F2N3O6S2/c1-15(2)40(37,38)31-19-8-9-21-24(12-19)39(35,36)14-22(30-21)25-26(33)20-11-18(29)7-10-23(20)32(27(25)34)13-16-3-5-17(28)6-4-16/h3-12,15,31,33H,13-14H2,1-2H3. The molecule has 1 aliphatic rings. The van der Waals surface area contributed by atoms with E-state index in [1.807, 2.05) is 0 Å². The SMILES string of the molecule is CC(C)S(=O)(=O)Nc1ccc2c(c1)S(=O)(=O)CC(c1c(O)c3cc(F)ccc3n(Cc3ccc(F)cc3)c1=O)=N2. The molecule has 0 radical (unpaired) electrons. The maximum Gasteiger partial charge on any atom is 0.264 e. The number of sulfonamides is 1. The molecular formula is C27H23F2N3O6S2. The average molecular weight is 588 g/mol.